The van der Waals surface area contributed by atoms with Crippen molar-refractivity contribution in [2.24, 2.45) is 10.7 Å². The maximum atomic E-state index is 9.55. The van der Waals surface area contributed by atoms with E-state index in [-0.39, 0.29) is 0 Å². The average molecular weight is 317 g/mol. The molecule has 7 heteroatoms. The Hall–Kier alpha value is -2.93. The van der Waals surface area contributed by atoms with Gasteiger partial charge < -0.3 is 21.3 Å². The highest BCUT2D eigenvalue weighted by Crippen LogP contribution is 2.20. The summed E-state index contributed by atoms with van der Waals surface area (Å²) in [4.78, 5) is 23.5. The molecule has 0 saturated carbocycles. The third-order valence-corrected chi connectivity index (χ3v) is 2.77. The Kier molecular flexibility index (Phi) is 7.81. The Balaban J connectivity index is 0.000000284. The van der Waals surface area contributed by atoms with Gasteiger partial charge in [-0.05, 0) is 25.5 Å². The average Bonchev–Trinajstić information content (AvgIpc) is 2.74. The standard InChI is InChI=1S/C12H15N3.C4H4O4/c13-7-3-6-12-10-4-1-2-5-11(10)14-8-9-15-12;5-3(6)1-2-4(7)8/h1-2,4-5,8-9,14H,3,6-7,13H2;1-2H,(H,5,6)(H,7,8)/b;2-1+. The lowest BCUT2D eigenvalue weighted by molar-refractivity contribution is -0.134. The first-order valence-corrected chi connectivity index (χ1v) is 6.96. The van der Waals surface area contributed by atoms with Gasteiger partial charge in [-0.2, -0.15) is 0 Å². The number of aliphatic carboxylic acids is 2. The Morgan fingerprint density at radius 3 is 2.43 bits per heavy atom. The fourth-order valence-electron chi connectivity index (χ4n) is 1.80. The van der Waals surface area contributed by atoms with Gasteiger partial charge in [0.1, 0.15) is 0 Å². The first-order chi connectivity index (χ1) is 11.0. The molecule has 1 heterocycles. The minimum absolute atomic E-state index is 0.558. The van der Waals surface area contributed by atoms with Gasteiger partial charge in [0.15, 0.2) is 0 Å². The van der Waals surface area contributed by atoms with E-state index in [0.717, 1.165) is 24.2 Å². The molecule has 2 rings (SSSR count). The number of nitrogens with two attached hydrogens (primary N) is 1. The van der Waals surface area contributed by atoms with Crippen molar-refractivity contribution >= 4 is 23.3 Å². The number of carbonyl (C=O) groups is 2. The molecule has 0 saturated heterocycles. The zero-order chi connectivity index (χ0) is 17.1. The second-order valence-corrected chi connectivity index (χ2v) is 4.48. The number of hydrogen-bond donors (Lipinski definition) is 4. The third-order valence-electron chi connectivity index (χ3n) is 2.77. The smallest absolute Gasteiger partial charge is 0.328 e. The normalized spacial score (nSPS) is 12.3. The minimum atomic E-state index is -1.26. The van der Waals surface area contributed by atoms with Crippen molar-refractivity contribution in [1.29, 1.82) is 0 Å². The third kappa shape index (κ3) is 7.05. The number of aliphatic imine (C=N–C) groups is 1. The highest BCUT2D eigenvalue weighted by molar-refractivity contribution is 6.05. The number of benzene rings is 1. The van der Waals surface area contributed by atoms with Gasteiger partial charge >= 0.3 is 11.9 Å². The Morgan fingerprint density at radius 1 is 1.17 bits per heavy atom. The monoisotopic (exact) mass is 317 g/mol. The molecule has 0 atom stereocenters. The Bertz CT molecular complexity index is 620. The molecule has 0 unspecified atom stereocenters. The summed E-state index contributed by atoms with van der Waals surface area (Å²) < 4.78 is 0. The summed E-state index contributed by atoms with van der Waals surface area (Å²) in [7, 11) is 0. The zero-order valence-electron chi connectivity index (χ0n) is 12.5. The molecule has 0 fully saturated rings. The van der Waals surface area contributed by atoms with E-state index in [1.807, 2.05) is 18.3 Å². The van der Waals surface area contributed by atoms with Gasteiger partial charge in [0.2, 0.25) is 0 Å². The molecule has 0 bridgehead atoms. The van der Waals surface area contributed by atoms with Crippen LogP contribution in [-0.4, -0.2) is 34.4 Å². The zero-order valence-corrected chi connectivity index (χ0v) is 12.5. The predicted molar refractivity (Wildman–Crippen MR) is 88.4 cm³/mol. The molecule has 0 spiro atoms. The summed E-state index contributed by atoms with van der Waals surface area (Å²) in [5, 5.41) is 18.8. The summed E-state index contributed by atoms with van der Waals surface area (Å²) in [6.45, 7) is 0.707. The lowest BCUT2D eigenvalue weighted by Crippen LogP contribution is -2.06. The fourth-order valence-corrected chi connectivity index (χ4v) is 1.80. The van der Waals surface area contributed by atoms with Crippen LogP contribution in [0.1, 0.15) is 18.4 Å². The van der Waals surface area contributed by atoms with E-state index in [4.69, 9.17) is 15.9 Å². The topological polar surface area (TPSA) is 125 Å². The quantitative estimate of drug-likeness (QED) is 0.614. The van der Waals surface area contributed by atoms with Crippen molar-refractivity contribution in [1.82, 2.24) is 0 Å². The van der Waals surface area contributed by atoms with Crippen LogP contribution in [0.15, 0.2) is 53.8 Å². The van der Waals surface area contributed by atoms with E-state index >= 15 is 0 Å². The summed E-state index contributed by atoms with van der Waals surface area (Å²) in [5.41, 5.74) is 8.91. The van der Waals surface area contributed by atoms with Gasteiger partial charge in [0, 0.05) is 41.5 Å². The lowest BCUT2D eigenvalue weighted by Gasteiger charge is -2.08. The van der Waals surface area contributed by atoms with Crippen molar-refractivity contribution in [2.45, 2.75) is 12.8 Å². The fraction of sp³-hybridized carbons (Fsp3) is 0.188. The first kappa shape index (κ1) is 18.1. The largest absolute Gasteiger partial charge is 0.478 e. The number of hydrogen-bond acceptors (Lipinski definition) is 5. The molecule has 1 aromatic carbocycles. The lowest BCUT2D eigenvalue weighted by atomic mass is 10.0. The molecule has 7 nitrogen and oxygen atoms in total. The molecule has 1 aromatic rings. The number of rotatable bonds is 5. The van der Waals surface area contributed by atoms with Crippen LogP contribution >= 0.6 is 0 Å². The molecule has 0 amide bonds. The molecule has 0 aliphatic carbocycles. The molecular weight excluding hydrogens is 298 g/mol. The Morgan fingerprint density at radius 2 is 1.83 bits per heavy atom. The van der Waals surface area contributed by atoms with E-state index in [2.05, 4.69) is 22.4 Å². The maximum absolute atomic E-state index is 9.55. The van der Waals surface area contributed by atoms with E-state index < -0.39 is 11.9 Å². The molecule has 1 aliphatic heterocycles. The minimum Gasteiger partial charge on any atom is -0.478 e. The number of carboxylic acids is 2. The van der Waals surface area contributed by atoms with Crippen molar-refractivity contribution < 1.29 is 19.8 Å². The number of para-hydroxylation sites is 1. The van der Waals surface area contributed by atoms with Gasteiger partial charge in [-0.1, -0.05) is 18.2 Å². The van der Waals surface area contributed by atoms with Crippen molar-refractivity contribution in [3.63, 3.8) is 0 Å². The van der Waals surface area contributed by atoms with Crippen LogP contribution in [0.25, 0.3) is 0 Å². The summed E-state index contributed by atoms with van der Waals surface area (Å²) in [5.74, 6) is -2.51. The number of nitrogens with zero attached hydrogens (tertiary/aromatic N) is 1. The van der Waals surface area contributed by atoms with Gasteiger partial charge in [0.25, 0.3) is 0 Å². The number of carboxylic acid groups (broad SMARTS) is 2. The van der Waals surface area contributed by atoms with Gasteiger partial charge in [0.05, 0.1) is 0 Å². The SMILES string of the molecule is NCCCC1=NC=CNc2ccccc21.O=C(O)/C=C/C(=O)O. The van der Waals surface area contributed by atoms with Gasteiger partial charge in [-0.25, -0.2) is 9.59 Å². The van der Waals surface area contributed by atoms with Crippen LogP contribution in [0.2, 0.25) is 0 Å². The second kappa shape index (κ2) is 9.91. The predicted octanol–water partition coefficient (Wildman–Crippen LogP) is 1.82. The van der Waals surface area contributed by atoms with Crippen molar-refractivity contribution in [3.8, 4) is 0 Å². The van der Waals surface area contributed by atoms with Crippen LogP contribution in [0.5, 0.6) is 0 Å². The number of anilines is 1. The van der Waals surface area contributed by atoms with Crippen LogP contribution in [-0.2, 0) is 9.59 Å². The summed E-state index contributed by atoms with van der Waals surface area (Å²) >= 11 is 0. The summed E-state index contributed by atoms with van der Waals surface area (Å²) in [6, 6.07) is 8.20. The highest BCUT2D eigenvalue weighted by atomic mass is 16.4. The van der Waals surface area contributed by atoms with Gasteiger partial charge in [-0.3, -0.25) is 4.99 Å². The van der Waals surface area contributed by atoms with Crippen LogP contribution in [0.4, 0.5) is 5.69 Å². The Labute approximate surface area is 133 Å². The highest BCUT2D eigenvalue weighted by Gasteiger charge is 2.08. The molecule has 0 aromatic heterocycles. The van der Waals surface area contributed by atoms with Crippen molar-refractivity contribution in [2.75, 3.05) is 11.9 Å². The van der Waals surface area contributed by atoms with Crippen LogP contribution in [0.3, 0.4) is 0 Å². The summed E-state index contributed by atoms with van der Waals surface area (Å²) in [6.07, 6.45) is 6.67. The molecule has 1 aliphatic rings. The number of fused-ring (bicyclic) bond motifs is 1. The van der Waals surface area contributed by atoms with E-state index in [1.165, 1.54) is 5.56 Å². The maximum Gasteiger partial charge on any atom is 0.328 e. The molecule has 0 radical (unpaired) electrons. The van der Waals surface area contributed by atoms with Gasteiger partial charge in [-0.15, -0.1) is 0 Å². The molecular formula is C16H19N3O4. The first-order valence-electron chi connectivity index (χ1n) is 6.96. The van der Waals surface area contributed by atoms with Crippen LogP contribution < -0.4 is 11.1 Å². The van der Waals surface area contributed by atoms with E-state index in [9.17, 15) is 9.59 Å². The van der Waals surface area contributed by atoms with E-state index in [0.29, 0.717) is 18.7 Å². The van der Waals surface area contributed by atoms with E-state index in [1.54, 1.807) is 6.20 Å². The number of nitrogens with one attached hydrogen (secondary N) is 1. The molecule has 23 heavy (non-hydrogen) atoms. The molecule has 122 valence electrons. The molecule has 5 N–H and O–H groups in total. The second-order valence-electron chi connectivity index (χ2n) is 4.48. The van der Waals surface area contributed by atoms with Crippen LogP contribution in [0, 0.1) is 0 Å². The van der Waals surface area contributed by atoms with Crippen molar-refractivity contribution in [3.05, 3.63) is 54.4 Å².